The van der Waals surface area contributed by atoms with Gasteiger partial charge >= 0.3 is 0 Å². The lowest BCUT2D eigenvalue weighted by atomic mass is 10.1. The summed E-state index contributed by atoms with van der Waals surface area (Å²) in [6.45, 7) is 1.72. The van der Waals surface area contributed by atoms with Crippen LogP contribution in [0.3, 0.4) is 0 Å². The maximum Gasteiger partial charge on any atom is 0.285 e. The molecule has 1 atom stereocenters. The minimum Gasteiger partial charge on any atom is -0.334 e. The SMILES string of the molecule is CC(N)Cc1noc(-c2cc(F)c(F)cc2[N+](=O)[O-])n1. The number of nitrogens with zero attached hydrogens (tertiary/aromatic N) is 3. The van der Waals surface area contributed by atoms with Crippen LogP contribution >= 0.6 is 0 Å². The predicted molar refractivity (Wildman–Crippen MR) is 63.7 cm³/mol. The van der Waals surface area contributed by atoms with Crippen LogP contribution in [0.5, 0.6) is 0 Å². The summed E-state index contributed by atoms with van der Waals surface area (Å²) in [7, 11) is 0. The van der Waals surface area contributed by atoms with Crippen molar-refractivity contribution < 1.29 is 18.2 Å². The van der Waals surface area contributed by atoms with Crippen LogP contribution in [0.2, 0.25) is 0 Å². The van der Waals surface area contributed by atoms with Gasteiger partial charge in [-0.25, -0.2) is 8.78 Å². The Morgan fingerprint density at radius 2 is 2.10 bits per heavy atom. The number of hydrogen-bond acceptors (Lipinski definition) is 6. The van der Waals surface area contributed by atoms with Crippen LogP contribution in [0, 0.1) is 21.7 Å². The van der Waals surface area contributed by atoms with Gasteiger partial charge in [-0.05, 0) is 13.0 Å². The third kappa shape index (κ3) is 2.77. The van der Waals surface area contributed by atoms with Crippen LogP contribution in [0.15, 0.2) is 16.7 Å². The Bertz CT molecular complexity index is 657. The van der Waals surface area contributed by atoms with E-state index < -0.39 is 22.2 Å². The van der Waals surface area contributed by atoms with Crippen LogP contribution in [0.4, 0.5) is 14.5 Å². The average Bonchev–Trinajstić information content (AvgIpc) is 2.79. The lowest BCUT2D eigenvalue weighted by Crippen LogP contribution is -2.18. The minimum absolute atomic E-state index is 0.231. The molecule has 0 radical (unpaired) electrons. The Morgan fingerprint density at radius 3 is 2.70 bits per heavy atom. The molecule has 2 rings (SSSR count). The van der Waals surface area contributed by atoms with Gasteiger partial charge in [0.15, 0.2) is 17.5 Å². The van der Waals surface area contributed by atoms with E-state index in [0.29, 0.717) is 18.6 Å². The highest BCUT2D eigenvalue weighted by Gasteiger charge is 2.24. The maximum atomic E-state index is 13.2. The zero-order valence-corrected chi connectivity index (χ0v) is 10.3. The summed E-state index contributed by atoms with van der Waals surface area (Å²) in [5.41, 5.74) is 4.62. The second kappa shape index (κ2) is 5.29. The molecule has 0 aliphatic heterocycles. The highest BCUT2D eigenvalue weighted by Crippen LogP contribution is 2.30. The van der Waals surface area contributed by atoms with Crippen molar-refractivity contribution in [2.24, 2.45) is 5.73 Å². The van der Waals surface area contributed by atoms with Crippen molar-refractivity contribution in [2.75, 3.05) is 0 Å². The second-order valence-corrected chi connectivity index (χ2v) is 4.24. The van der Waals surface area contributed by atoms with E-state index in [4.69, 9.17) is 10.3 Å². The zero-order chi connectivity index (χ0) is 14.9. The van der Waals surface area contributed by atoms with Crippen LogP contribution < -0.4 is 5.73 Å². The van der Waals surface area contributed by atoms with Crippen LogP contribution in [0.25, 0.3) is 11.5 Å². The number of halogens is 2. The summed E-state index contributed by atoms with van der Waals surface area (Å²) in [4.78, 5) is 13.9. The van der Waals surface area contributed by atoms with Gasteiger partial charge in [-0.15, -0.1) is 0 Å². The molecule has 1 aromatic heterocycles. The molecule has 0 aliphatic carbocycles. The van der Waals surface area contributed by atoms with Gasteiger partial charge in [-0.2, -0.15) is 4.98 Å². The summed E-state index contributed by atoms with van der Waals surface area (Å²) in [5, 5.41) is 14.4. The molecule has 0 bridgehead atoms. The van der Waals surface area contributed by atoms with Crippen molar-refractivity contribution >= 4 is 5.69 Å². The van der Waals surface area contributed by atoms with Gasteiger partial charge < -0.3 is 10.3 Å². The Balaban J connectivity index is 2.48. The summed E-state index contributed by atoms with van der Waals surface area (Å²) < 4.78 is 31.1. The van der Waals surface area contributed by atoms with Gasteiger partial charge in [0, 0.05) is 12.5 Å². The summed E-state index contributed by atoms with van der Waals surface area (Å²) in [6.07, 6.45) is 0.293. The molecule has 2 aromatic rings. The van der Waals surface area contributed by atoms with Crippen molar-refractivity contribution in [2.45, 2.75) is 19.4 Å². The lowest BCUT2D eigenvalue weighted by molar-refractivity contribution is -0.384. The molecule has 1 unspecified atom stereocenters. The van der Waals surface area contributed by atoms with E-state index in [0.717, 1.165) is 0 Å². The van der Waals surface area contributed by atoms with Gasteiger partial charge in [-0.1, -0.05) is 5.16 Å². The largest absolute Gasteiger partial charge is 0.334 e. The first-order chi connectivity index (χ1) is 9.38. The van der Waals surface area contributed by atoms with E-state index in [9.17, 15) is 18.9 Å². The first-order valence-corrected chi connectivity index (χ1v) is 5.60. The van der Waals surface area contributed by atoms with E-state index in [2.05, 4.69) is 10.1 Å². The van der Waals surface area contributed by atoms with Crippen molar-refractivity contribution in [1.29, 1.82) is 0 Å². The number of nitro groups is 1. The molecule has 1 heterocycles. The van der Waals surface area contributed by atoms with Gasteiger partial charge in [0.25, 0.3) is 11.6 Å². The monoisotopic (exact) mass is 284 g/mol. The van der Waals surface area contributed by atoms with Crippen LogP contribution in [0.1, 0.15) is 12.7 Å². The second-order valence-electron chi connectivity index (χ2n) is 4.24. The number of benzene rings is 1. The fourth-order valence-corrected chi connectivity index (χ4v) is 1.59. The topological polar surface area (TPSA) is 108 Å². The van der Waals surface area contributed by atoms with Crippen LogP contribution in [-0.4, -0.2) is 21.1 Å². The summed E-state index contributed by atoms with van der Waals surface area (Å²) >= 11 is 0. The maximum absolute atomic E-state index is 13.2. The van der Waals surface area contributed by atoms with Crippen molar-refractivity contribution in [1.82, 2.24) is 10.1 Å². The Morgan fingerprint density at radius 1 is 1.45 bits per heavy atom. The van der Waals surface area contributed by atoms with Crippen LogP contribution in [-0.2, 0) is 6.42 Å². The predicted octanol–water partition coefficient (Wildman–Crippen LogP) is 1.81. The Hall–Kier alpha value is -2.42. The number of hydrogen-bond donors (Lipinski definition) is 1. The van der Waals surface area contributed by atoms with E-state index in [-0.39, 0.29) is 23.3 Å². The minimum atomic E-state index is -1.32. The highest BCUT2D eigenvalue weighted by atomic mass is 19.2. The molecule has 7 nitrogen and oxygen atoms in total. The Labute approximate surface area is 111 Å². The van der Waals surface area contributed by atoms with E-state index in [1.165, 1.54) is 0 Å². The molecule has 1 aromatic carbocycles. The van der Waals surface area contributed by atoms with E-state index in [1.807, 2.05) is 0 Å². The quantitative estimate of drug-likeness (QED) is 0.677. The normalized spacial score (nSPS) is 12.4. The number of aromatic nitrogens is 2. The van der Waals surface area contributed by atoms with Crippen molar-refractivity contribution in [3.05, 3.63) is 39.7 Å². The average molecular weight is 284 g/mol. The standard InChI is InChI=1S/C11H10F2N4O3/c1-5(14)2-10-15-11(20-16-10)6-3-7(12)8(13)4-9(6)17(18)19/h3-5H,2,14H2,1H3. The molecule has 106 valence electrons. The van der Waals surface area contributed by atoms with Gasteiger partial charge in [0.1, 0.15) is 5.56 Å². The first-order valence-electron chi connectivity index (χ1n) is 5.60. The van der Waals surface area contributed by atoms with Gasteiger partial charge in [0.2, 0.25) is 0 Å². The third-order valence-electron chi connectivity index (χ3n) is 2.44. The first kappa shape index (κ1) is 14.0. The molecular weight excluding hydrogens is 274 g/mol. The van der Waals surface area contributed by atoms with Gasteiger partial charge in [-0.3, -0.25) is 10.1 Å². The van der Waals surface area contributed by atoms with Gasteiger partial charge in [0.05, 0.1) is 11.0 Å². The molecule has 9 heteroatoms. The highest BCUT2D eigenvalue weighted by molar-refractivity contribution is 5.66. The fourth-order valence-electron chi connectivity index (χ4n) is 1.59. The molecule has 0 saturated heterocycles. The molecule has 2 N–H and O–H groups in total. The molecule has 0 amide bonds. The van der Waals surface area contributed by atoms with Crippen molar-refractivity contribution in [3.63, 3.8) is 0 Å². The molecular formula is C11H10F2N4O3. The zero-order valence-electron chi connectivity index (χ0n) is 10.3. The summed E-state index contributed by atoms with van der Waals surface area (Å²) in [6, 6.07) is 0.886. The Kier molecular flexibility index (Phi) is 3.70. The molecule has 20 heavy (non-hydrogen) atoms. The fraction of sp³-hybridized carbons (Fsp3) is 0.273. The smallest absolute Gasteiger partial charge is 0.285 e. The molecule has 0 saturated carbocycles. The molecule has 0 aliphatic rings. The number of nitrogens with two attached hydrogens (primary N) is 1. The third-order valence-corrected chi connectivity index (χ3v) is 2.44. The molecule has 0 fully saturated rings. The number of rotatable bonds is 4. The number of nitro benzene ring substituents is 1. The van der Waals surface area contributed by atoms with E-state index >= 15 is 0 Å². The molecule has 0 spiro atoms. The lowest BCUT2D eigenvalue weighted by Gasteiger charge is -1.99. The summed E-state index contributed by atoms with van der Waals surface area (Å²) in [5.74, 6) is -2.59. The van der Waals surface area contributed by atoms with E-state index in [1.54, 1.807) is 6.92 Å². The van der Waals surface area contributed by atoms with Crippen molar-refractivity contribution in [3.8, 4) is 11.5 Å².